The third-order valence-electron chi connectivity index (χ3n) is 5.22. The highest BCUT2D eigenvalue weighted by Gasteiger charge is 2.15. The second-order valence-corrected chi connectivity index (χ2v) is 8.26. The van der Waals surface area contributed by atoms with Gasteiger partial charge in [-0.25, -0.2) is 0 Å². The first-order valence-electron chi connectivity index (χ1n) is 10.3. The largest absolute Gasteiger partial charge is 0.379 e. The molecule has 0 spiro atoms. The van der Waals surface area contributed by atoms with E-state index in [1.54, 1.807) is 0 Å². The summed E-state index contributed by atoms with van der Waals surface area (Å²) in [6, 6.07) is 18.6. The summed E-state index contributed by atoms with van der Waals surface area (Å²) in [5.74, 6) is 0. The van der Waals surface area contributed by atoms with Crippen LogP contribution < -0.4 is 5.32 Å². The number of hydrogen-bond donors (Lipinski definition) is 1. The second kappa shape index (κ2) is 11.5. The molecule has 0 bridgehead atoms. The van der Waals surface area contributed by atoms with Crippen molar-refractivity contribution in [3.63, 3.8) is 0 Å². The molecular formula is C23H30ClN3OS. The van der Waals surface area contributed by atoms with Crippen molar-refractivity contribution >= 4 is 28.9 Å². The first kappa shape index (κ1) is 22.0. The van der Waals surface area contributed by atoms with Gasteiger partial charge in [-0.15, -0.1) is 0 Å². The van der Waals surface area contributed by atoms with Gasteiger partial charge in [-0.1, -0.05) is 54.1 Å². The lowest BCUT2D eigenvalue weighted by Crippen LogP contribution is -2.42. The number of nitrogens with one attached hydrogen (secondary N) is 1. The Morgan fingerprint density at radius 3 is 2.52 bits per heavy atom. The molecule has 0 amide bonds. The Kier molecular flexibility index (Phi) is 8.74. The number of rotatable bonds is 8. The van der Waals surface area contributed by atoms with Gasteiger partial charge in [-0.05, 0) is 48.8 Å². The molecule has 4 nitrogen and oxygen atoms in total. The maximum Gasteiger partial charge on any atom is 0.169 e. The number of benzene rings is 2. The van der Waals surface area contributed by atoms with E-state index in [0.717, 1.165) is 62.5 Å². The average Bonchev–Trinajstić information content (AvgIpc) is 2.75. The third-order valence-corrected chi connectivity index (χ3v) is 5.85. The molecule has 29 heavy (non-hydrogen) atoms. The van der Waals surface area contributed by atoms with Crippen LogP contribution >= 0.6 is 23.8 Å². The van der Waals surface area contributed by atoms with Crippen LogP contribution in [0.5, 0.6) is 0 Å². The van der Waals surface area contributed by atoms with Crippen molar-refractivity contribution in [1.29, 1.82) is 0 Å². The summed E-state index contributed by atoms with van der Waals surface area (Å²) in [5.41, 5.74) is 2.44. The minimum atomic E-state index is 0.163. The first-order chi connectivity index (χ1) is 14.1. The Hall–Kier alpha value is -1.66. The van der Waals surface area contributed by atoms with E-state index in [2.05, 4.69) is 58.4 Å². The summed E-state index contributed by atoms with van der Waals surface area (Å²) in [6.07, 6.45) is 1.06. The number of thiocarbonyl (C=S) groups is 1. The number of hydrogen-bond acceptors (Lipinski definition) is 3. The Labute approximate surface area is 184 Å². The Morgan fingerprint density at radius 1 is 1.14 bits per heavy atom. The molecule has 3 rings (SSSR count). The normalized spacial score (nSPS) is 15.7. The van der Waals surface area contributed by atoms with Gasteiger partial charge in [0, 0.05) is 37.7 Å². The predicted octanol–water partition coefficient (Wildman–Crippen LogP) is 4.50. The molecule has 1 unspecified atom stereocenters. The Bertz CT molecular complexity index is 750. The maximum atomic E-state index is 6.05. The van der Waals surface area contributed by atoms with Gasteiger partial charge in [0.05, 0.1) is 19.3 Å². The van der Waals surface area contributed by atoms with Crippen molar-refractivity contribution in [2.45, 2.75) is 25.9 Å². The highest BCUT2D eigenvalue weighted by Crippen LogP contribution is 2.15. The third kappa shape index (κ3) is 7.27. The van der Waals surface area contributed by atoms with Crippen LogP contribution in [0.1, 0.15) is 30.5 Å². The van der Waals surface area contributed by atoms with Gasteiger partial charge in [0.25, 0.3) is 0 Å². The molecule has 1 aliphatic rings. The molecule has 0 aromatic heterocycles. The molecule has 156 valence electrons. The van der Waals surface area contributed by atoms with E-state index in [0.29, 0.717) is 0 Å². The van der Waals surface area contributed by atoms with E-state index < -0.39 is 0 Å². The molecule has 1 saturated heterocycles. The molecule has 0 saturated carbocycles. The highest BCUT2D eigenvalue weighted by molar-refractivity contribution is 7.80. The van der Waals surface area contributed by atoms with Gasteiger partial charge in [0.1, 0.15) is 0 Å². The molecule has 0 radical (unpaired) electrons. The van der Waals surface area contributed by atoms with E-state index in [1.807, 2.05) is 18.2 Å². The smallest absolute Gasteiger partial charge is 0.169 e. The molecule has 1 aliphatic heterocycles. The van der Waals surface area contributed by atoms with E-state index >= 15 is 0 Å². The van der Waals surface area contributed by atoms with Crippen molar-refractivity contribution in [3.8, 4) is 0 Å². The molecule has 2 aromatic carbocycles. The minimum Gasteiger partial charge on any atom is -0.379 e. The van der Waals surface area contributed by atoms with Gasteiger partial charge < -0.3 is 15.0 Å². The molecule has 1 fully saturated rings. The van der Waals surface area contributed by atoms with E-state index in [9.17, 15) is 0 Å². The summed E-state index contributed by atoms with van der Waals surface area (Å²) >= 11 is 11.9. The van der Waals surface area contributed by atoms with Gasteiger partial charge in [0.2, 0.25) is 0 Å². The van der Waals surface area contributed by atoms with E-state index in [1.165, 1.54) is 11.1 Å². The predicted molar refractivity (Wildman–Crippen MR) is 124 cm³/mol. The van der Waals surface area contributed by atoms with Crippen molar-refractivity contribution < 1.29 is 4.74 Å². The lowest BCUT2D eigenvalue weighted by Gasteiger charge is -2.31. The maximum absolute atomic E-state index is 6.05. The summed E-state index contributed by atoms with van der Waals surface area (Å²) in [7, 11) is 0. The van der Waals surface area contributed by atoms with Gasteiger partial charge in [-0.3, -0.25) is 4.90 Å². The minimum absolute atomic E-state index is 0.163. The zero-order valence-corrected chi connectivity index (χ0v) is 18.6. The summed E-state index contributed by atoms with van der Waals surface area (Å²) < 4.78 is 5.45. The molecule has 1 atom stereocenters. The van der Waals surface area contributed by atoms with Gasteiger partial charge in [0.15, 0.2) is 5.11 Å². The fourth-order valence-corrected chi connectivity index (χ4v) is 3.93. The summed E-state index contributed by atoms with van der Waals surface area (Å²) in [5, 5.41) is 5.06. The first-order valence-corrected chi connectivity index (χ1v) is 11.1. The molecule has 0 aliphatic carbocycles. The Morgan fingerprint density at radius 2 is 1.83 bits per heavy atom. The SMILES string of the molecule is CC(NC(=S)N(CCCN1CCOCC1)Cc1ccc(Cl)cc1)c1ccccc1. The zero-order chi connectivity index (χ0) is 20.5. The van der Waals surface area contributed by atoms with Crippen LogP contribution in [0, 0.1) is 0 Å². The lowest BCUT2D eigenvalue weighted by atomic mass is 10.1. The standard InChI is InChI=1S/C23H30ClN3OS/c1-19(21-6-3-2-4-7-21)25-23(29)27(18-20-8-10-22(24)11-9-20)13-5-12-26-14-16-28-17-15-26/h2-4,6-11,19H,5,12-18H2,1H3,(H,25,29). The number of halogens is 1. The average molecular weight is 432 g/mol. The van der Waals surface area contributed by atoms with Crippen LogP contribution in [-0.2, 0) is 11.3 Å². The van der Waals surface area contributed by atoms with Crippen molar-refractivity contribution in [2.24, 2.45) is 0 Å². The molecule has 2 aromatic rings. The van der Waals surface area contributed by atoms with Crippen LogP contribution in [0.15, 0.2) is 54.6 Å². The lowest BCUT2D eigenvalue weighted by molar-refractivity contribution is 0.0367. The van der Waals surface area contributed by atoms with Crippen LogP contribution in [0.25, 0.3) is 0 Å². The van der Waals surface area contributed by atoms with Crippen LogP contribution in [0.2, 0.25) is 5.02 Å². The molecule has 1 N–H and O–H groups in total. The van der Waals surface area contributed by atoms with Gasteiger partial charge >= 0.3 is 0 Å². The van der Waals surface area contributed by atoms with Crippen LogP contribution in [0.3, 0.4) is 0 Å². The Balaban J connectivity index is 1.60. The monoisotopic (exact) mass is 431 g/mol. The topological polar surface area (TPSA) is 27.7 Å². The van der Waals surface area contributed by atoms with Gasteiger partial charge in [-0.2, -0.15) is 0 Å². The number of morpholine rings is 1. The quantitative estimate of drug-likeness (QED) is 0.621. The number of ether oxygens (including phenoxy) is 1. The fourth-order valence-electron chi connectivity index (χ4n) is 3.47. The van der Waals surface area contributed by atoms with Crippen molar-refractivity contribution in [2.75, 3.05) is 39.4 Å². The van der Waals surface area contributed by atoms with E-state index in [4.69, 9.17) is 28.6 Å². The summed E-state index contributed by atoms with van der Waals surface area (Å²) in [6.45, 7) is 8.61. The van der Waals surface area contributed by atoms with Crippen LogP contribution in [-0.4, -0.2) is 54.3 Å². The van der Waals surface area contributed by atoms with Crippen molar-refractivity contribution in [3.05, 3.63) is 70.7 Å². The summed E-state index contributed by atoms with van der Waals surface area (Å²) in [4.78, 5) is 4.73. The zero-order valence-electron chi connectivity index (χ0n) is 17.0. The van der Waals surface area contributed by atoms with E-state index in [-0.39, 0.29) is 6.04 Å². The number of nitrogens with zero attached hydrogens (tertiary/aromatic N) is 2. The molecule has 1 heterocycles. The van der Waals surface area contributed by atoms with Crippen LogP contribution in [0.4, 0.5) is 0 Å². The fraction of sp³-hybridized carbons (Fsp3) is 0.435. The van der Waals surface area contributed by atoms with Crippen molar-refractivity contribution in [1.82, 2.24) is 15.1 Å². The molecule has 6 heteroatoms. The molecular weight excluding hydrogens is 402 g/mol. The highest BCUT2D eigenvalue weighted by atomic mass is 35.5. The second-order valence-electron chi connectivity index (χ2n) is 7.44.